The molecule has 4 nitrogen and oxygen atoms in total. The van der Waals surface area contributed by atoms with Crippen LogP contribution in [0.15, 0.2) is 30.3 Å². The van der Waals surface area contributed by atoms with Crippen molar-refractivity contribution >= 4 is 5.97 Å². The van der Waals surface area contributed by atoms with Gasteiger partial charge in [-0.15, -0.1) is 0 Å². The molecule has 0 radical (unpaired) electrons. The third kappa shape index (κ3) is 3.78. The Morgan fingerprint density at radius 3 is 2.84 bits per heavy atom. The van der Waals surface area contributed by atoms with E-state index in [0.29, 0.717) is 6.61 Å². The number of hydrogen-bond acceptors (Lipinski definition) is 3. The maximum Gasteiger partial charge on any atom is 0.305 e. The number of aliphatic carboxylic acids is 1. The summed E-state index contributed by atoms with van der Waals surface area (Å²) in [7, 11) is 0. The molecule has 0 bridgehead atoms. The summed E-state index contributed by atoms with van der Waals surface area (Å²) in [5, 5.41) is 9.14. The summed E-state index contributed by atoms with van der Waals surface area (Å²) in [5.41, 5.74) is 1.07. The minimum atomic E-state index is -0.756. The van der Waals surface area contributed by atoms with Gasteiger partial charge in [-0.05, 0) is 12.0 Å². The van der Waals surface area contributed by atoms with Crippen LogP contribution in [0, 0.1) is 0 Å². The van der Waals surface area contributed by atoms with Crippen LogP contribution in [-0.4, -0.2) is 41.8 Å². The molecule has 104 valence electrons. The number of hydrogen-bond donors (Lipinski definition) is 1. The van der Waals surface area contributed by atoms with Crippen molar-refractivity contribution in [2.24, 2.45) is 0 Å². The van der Waals surface area contributed by atoms with Crippen LogP contribution in [-0.2, 0) is 9.53 Å². The van der Waals surface area contributed by atoms with Gasteiger partial charge >= 0.3 is 5.97 Å². The van der Waals surface area contributed by atoms with Crippen molar-refractivity contribution in [3.63, 3.8) is 0 Å². The SMILES string of the molecule is CCC1CN(C(CC(=O)O)c2ccccc2)CCO1. The average Bonchev–Trinajstić information content (AvgIpc) is 2.45. The molecule has 2 unspecified atom stereocenters. The quantitative estimate of drug-likeness (QED) is 0.885. The van der Waals surface area contributed by atoms with Gasteiger partial charge in [-0.3, -0.25) is 9.69 Å². The second kappa shape index (κ2) is 6.68. The van der Waals surface area contributed by atoms with Gasteiger partial charge in [0.15, 0.2) is 0 Å². The number of nitrogens with zero attached hydrogens (tertiary/aromatic N) is 1. The van der Waals surface area contributed by atoms with Crippen LogP contribution in [0.4, 0.5) is 0 Å². The maximum absolute atomic E-state index is 11.1. The number of ether oxygens (including phenoxy) is 1. The summed E-state index contributed by atoms with van der Waals surface area (Å²) in [6, 6.07) is 9.82. The van der Waals surface area contributed by atoms with Gasteiger partial charge in [-0.25, -0.2) is 0 Å². The predicted octanol–water partition coefficient (Wildman–Crippen LogP) is 2.31. The lowest BCUT2D eigenvalue weighted by Crippen LogP contribution is -2.44. The van der Waals surface area contributed by atoms with E-state index in [4.69, 9.17) is 9.84 Å². The number of morpholine rings is 1. The Morgan fingerprint density at radius 1 is 1.47 bits per heavy atom. The molecular formula is C15H21NO3. The summed E-state index contributed by atoms with van der Waals surface area (Å²) in [4.78, 5) is 13.4. The molecule has 1 aliphatic heterocycles. The fourth-order valence-corrected chi connectivity index (χ4v) is 2.57. The first-order chi connectivity index (χ1) is 9.20. The van der Waals surface area contributed by atoms with E-state index in [2.05, 4.69) is 11.8 Å². The van der Waals surface area contributed by atoms with Crippen molar-refractivity contribution in [2.75, 3.05) is 19.7 Å². The van der Waals surface area contributed by atoms with Gasteiger partial charge in [-0.2, -0.15) is 0 Å². The summed E-state index contributed by atoms with van der Waals surface area (Å²) < 4.78 is 5.66. The Morgan fingerprint density at radius 2 is 2.21 bits per heavy atom. The van der Waals surface area contributed by atoms with Gasteiger partial charge in [0.2, 0.25) is 0 Å². The summed E-state index contributed by atoms with van der Waals surface area (Å²) in [6.07, 6.45) is 1.32. The minimum absolute atomic E-state index is 0.0587. The largest absolute Gasteiger partial charge is 0.481 e. The zero-order valence-corrected chi connectivity index (χ0v) is 11.3. The van der Waals surface area contributed by atoms with Crippen LogP contribution in [0.2, 0.25) is 0 Å². The third-order valence-corrected chi connectivity index (χ3v) is 3.62. The molecule has 0 aliphatic carbocycles. The van der Waals surface area contributed by atoms with E-state index in [1.165, 1.54) is 0 Å². The molecule has 19 heavy (non-hydrogen) atoms. The molecule has 2 atom stereocenters. The van der Waals surface area contributed by atoms with Gasteiger partial charge < -0.3 is 9.84 Å². The molecule has 0 aromatic heterocycles. The molecule has 4 heteroatoms. The van der Waals surface area contributed by atoms with E-state index in [0.717, 1.165) is 25.1 Å². The van der Waals surface area contributed by atoms with Crippen molar-refractivity contribution in [1.29, 1.82) is 0 Å². The zero-order chi connectivity index (χ0) is 13.7. The topological polar surface area (TPSA) is 49.8 Å². The molecule has 1 aromatic rings. The lowest BCUT2D eigenvalue weighted by Gasteiger charge is -2.37. The van der Waals surface area contributed by atoms with E-state index >= 15 is 0 Å². The molecule has 0 saturated carbocycles. The van der Waals surface area contributed by atoms with Crippen molar-refractivity contribution in [2.45, 2.75) is 31.9 Å². The number of rotatable bonds is 5. The highest BCUT2D eigenvalue weighted by Gasteiger charge is 2.28. The molecule has 0 spiro atoms. The number of carboxylic acid groups (broad SMARTS) is 1. The second-order valence-corrected chi connectivity index (χ2v) is 4.92. The maximum atomic E-state index is 11.1. The second-order valence-electron chi connectivity index (χ2n) is 4.92. The van der Waals surface area contributed by atoms with Crippen LogP contribution in [0.25, 0.3) is 0 Å². The molecule has 2 rings (SSSR count). The van der Waals surface area contributed by atoms with E-state index in [1.807, 2.05) is 30.3 Å². The van der Waals surface area contributed by atoms with Crippen LogP contribution >= 0.6 is 0 Å². The Bertz CT molecular complexity index is 407. The highest BCUT2D eigenvalue weighted by molar-refractivity contribution is 5.68. The van der Waals surface area contributed by atoms with Crippen LogP contribution < -0.4 is 0 Å². The van der Waals surface area contributed by atoms with Crippen LogP contribution in [0.5, 0.6) is 0 Å². The van der Waals surface area contributed by atoms with E-state index in [-0.39, 0.29) is 18.6 Å². The Kier molecular flexibility index (Phi) is 4.93. The van der Waals surface area contributed by atoms with Gasteiger partial charge in [0, 0.05) is 19.1 Å². The third-order valence-electron chi connectivity index (χ3n) is 3.62. The van der Waals surface area contributed by atoms with Gasteiger partial charge in [0.1, 0.15) is 0 Å². The molecule has 1 heterocycles. The number of benzene rings is 1. The van der Waals surface area contributed by atoms with Gasteiger partial charge in [0.05, 0.1) is 19.1 Å². The minimum Gasteiger partial charge on any atom is -0.481 e. The van der Waals surface area contributed by atoms with Crippen LogP contribution in [0.3, 0.4) is 0 Å². The first-order valence-corrected chi connectivity index (χ1v) is 6.83. The van der Waals surface area contributed by atoms with Gasteiger partial charge in [-0.1, -0.05) is 37.3 Å². The Balaban J connectivity index is 2.15. The fraction of sp³-hybridized carbons (Fsp3) is 0.533. The molecular weight excluding hydrogens is 242 g/mol. The van der Waals surface area contributed by atoms with Crippen molar-refractivity contribution in [1.82, 2.24) is 4.90 Å². The smallest absolute Gasteiger partial charge is 0.305 e. The van der Waals surface area contributed by atoms with E-state index in [1.54, 1.807) is 0 Å². The first kappa shape index (κ1) is 14.0. The normalized spacial score (nSPS) is 22.1. The Labute approximate surface area is 114 Å². The van der Waals surface area contributed by atoms with Crippen molar-refractivity contribution in [3.05, 3.63) is 35.9 Å². The van der Waals surface area contributed by atoms with Gasteiger partial charge in [0.25, 0.3) is 0 Å². The monoisotopic (exact) mass is 263 g/mol. The number of carboxylic acids is 1. The fourth-order valence-electron chi connectivity index (χ4n) is 2.57. The number of carbonyl (C=O) groups is 1. The highest BCUT2D eigenvalue weighted by Crippen LogP contribution is 2.26. The van der Waals surface area contributed by atoms with Crippen LogP contribution in [0.1, 0.15) is 31.4 Å². The summed E-state index contributed by atoms with van der Waals surface area (Å²) >= 11 is 0. The van der Waals surface area contributed by atoms with Crippen molar-refractivity contribution < 1.29 is 14.6 Å². The first-order valence-electron chi connectivity index (χ1n) is 6.83. The summed E-state index contributed by atoms with van der Waals surface area (Å²) in [6.45, 7) is 4.39. The van der Waals surface area contributed by atoms with E-state index < -0.39 is 5.97 Å². The molecule has 1 saturated heterocycles. The van der Waals surface area contributed by atoms with E-state index in [9.17, 15) is 4.79 Å². The molecule has 1 N–H and O–H groups in total. The predicted molar refractivity (Wildman–Crippen MR) is 73.0 cm³/mol. The average molecular weight is 263 g/mol. The molecule has 1 aromatic carbocycles. The Hall–Kier alpha value is -1.39. The lowest BCUT2D eigenvalue weighted by molar-refractivity contribution is -0.139. The zero-order valence-electron chi connectivity index (χ0n) is 11.3. The molecule has 0 amide bonds. The lowest BCUT2D eigenvalue weighted by atomic mass is 10.0. The van der Waals surface area contributed by atoms with Crippen molar-refractivity contribution in [3.8, 4) is 0 Å². The standard InChI is InChI=1S/C15H21NO3/c1-2-13-11-16(8-9-19-13)14(10-15(17)18)12-6-4-3-5-7-12/h3-7,13-14H,2,8-11H2,1H3,(H,17,18). The molecule has 1 aliphatic rings. The molecule has 1 fully saturated rings. The summed E-state index contributed by atoms with van der Waals surface area (Å²) in [5.74, 6) is -0.756. The highest BCUT2D eigenvalue weighted by atomic mass is 16.5.